The van der Waals surface area contributed by atoms with E-state index < -0.39 is 0 Å². The predicted molar refractivity (Wildman–Crippen MR) is 246 cm³/mol. The maximum Gasteiger partial charge on any atom is 0.305 e. The Hall–Kier alpha value is -1.06. The van der Waals surface area contributed by atoms with E-state index in [4.69, 9.17) is 9.47 Å². The van der Waals surface area contributed by atoms with Gasteiger partial charge in [0.25, 0.3) is 0 Å². The zero-order valence-electron chi connectivity index (χ0n) is 38.6. The van der Waals surface area contributed by atoms with Crippen LogP contribution in [-0.4, -0.2) is 25.2 Å². The molecule has 0 aromatic carbocycles. The van der Waals surface area contributed by atoms with Gasteiger partial charge in [0.15, 0.2) is 0 Å². The van der Waals surface area contributed by atoms with E-state index in [9.17, 15) is 9.59 Å². The van der Waals surface area contributed by atoms with Crippen LogP contribution < -0.4 is 0 Å². The van der Waals surface area contributed by atoms with Gasteiger partial charge in [0.05, 0.1) is 13.2 Å². The van der Waals surface area contributed by atoms with Crippen LogP contribution in [0.25, 0.3) is 0 Å². The normalized spacial score (nSPS) is 11.4. The Morgan fingerprint density at radius 3 is 0.589 bits per heavy atom. The summed E-state index contributed by atoms with van der Waals surface area (Å²) in [4.78, 5) is 24.1. The van der Waals surface area contributed by atoms with Gasteiger partial charge in [-0.1, -0.05) is 271 Å². The lowest BCUT2D eigenvalue weighted by atomic mass is 10.0. The standard InChI is InChI=1S/C52H102O4/c1-3-5-7-9-11-13-15-17-19-21-23-25-27-29-31-33-35-37-41-45-49-55-51(53)47-43-39-40-44-48-52(54)56-50-46-42-38-36-34-32-30-28-26-24-22-20-18-16-14-12-10-8-6-4-2/h3-50H2,1-2H3. The van der Waals surface area contributed by atoms with Crippen molar-refractivity contribution in [2.45, 2.75) is 309 Å². The molecule has 0 aliphatic heterocycles. The molecule has 0 bridgehead atoms. The average molecular weight is 791 g/mol. The van der Waals surface area contributed by atoms with E-state index in [0.29, 0.717) is 26.1 Å². The number of rotatable bonds is 49. The van der Waals surface area contributed by atoms with Crippen molar-refractivity contribution in [2.75, 3.05) is 13.2 Å². The molecule has 0 rings (SSSR count). The van der Waals surface area contributed by atoms with Crippen molar-refractivity contribution >= 4 is 11.9 Å². The predicted octanol–water partition coefficient (Wildman–Crippen LogP) is 18.1. The molecule has 4 nitrogen and oxygen atoms in total. The van der Waals surface area contributed by atoms with Crippen LogP contribution in [0.3, 0.4) is 0 Å². The summed E-state index contributed by atoms with van der Waals surface area (Å²) in [5.41, 5.74) is 0. The Morgan fingerprint density at radius 2 is 0.393 bits per heavy atom. The van der Waals surface area contributed by atoms with Crippen LogP contribution in [0.15, 0.2) is 0 Å². The molecule has 0 aromatic rings. The fourth-order valence-corrected chi connectivity index (χ4v) is 8.12. The summed E-state index contributed by atoms with van der Waals surface area (Å²) in [5.74, 6) is -0.117. The van der Waals surface area contributed by atoms with Crippen LogP contribution >= 0.6 is 0 Å². The van der Waals surface area contributed by atoms with Gasteiger partial charge in [-0.2, -0.15) is 0 Å². The Morgan fingerprint density at radius 1 is 0.232 bits per heavy atom. The van der Waals surface area contributed by atoms with E-state index >= 15 is 0 Å². The molecular weight excluding hydrogens is 689 g/mol. The first-order chi connectivity index (χ1) is 27.7. The minimum absolute atomic E-state index is 0.0583. The lowest BCUT2D eigenvalue weighted by Gasteiger charge is -2.06. The third-order valence-electron chi connectivity index (χ3n) is 12.0. The highest BCUT2D eigenvalue weighted by molar-refractivity contribution is 5.69. The van der Waals surface area contributed by atoms with Gasteiger partial charge < -0.3 is 9.47 Å². The maximum absolute atomic E-state index is 12.0. The van der Waals surface area contributed by atoms with Crippen LogP contribution in [0.1, 0.15) is 309 Å². The van der Waals surface area contributed by atoms with Crippen LogP contribution in [-0.2, 0) is 19.1 Å². The summed E-state index contributed by atoms with van der Waals surface area (Å²) in [7, 11) is 0. The molecule has 0 aliphatic carbocycles. The number of hydrogen-bond acceptors (Lipinski definition) is 4. The molecule has 334 valence electrons. The smallest absolute Gasteiger partial charge is 0.305 e. The van der Waals surface area contributed by atoms with E-state index in [1.54, 1.807) is 0 Å². The van der Waals surface area contributed by atoms with Gasteiger partial charge in [0.1, 0.15) is 0 Å². The second-order valence-corrected chi connectivity index (χ2v) is 17.8. The first-order valence-corrected chi connectivity index (χ1v) is 26.0. The summed E-state index contributed by atoms with van der Waals surface area (Å²) < 4.78 is 10.9. The van der Waals surface area contributed by atoms with Gasteiger partial charge in [0.2, 0.25) is 0 Å². The van der Waals surface area contributed by atoms with Gasteiger partial charge in [-0.25, -0.2) is 0 Å². The average Bonchev–Trinajstić information content (AvgIpc) is 3.20. The van der Waals surface area contributed by atoms with Crippen molar-refractivity contribution in [3.8, 4) is 0 Å². The second kappa shape index (κ2) is 50.1. The Kier molecular flexibility index (Phi) is 49.1. The zero-order chi connectivity index (χ0) is 40.5. The summed E-state index contributed by atoms with van der Waals surface area (Å²) in [6, 6.07) is 0. The Labute approximate surface area is 352 Å². The molecule has 0 atom stereocenters. The van der Waals surface area contributed by atoms with E-state index in [-0.39, 0.29) is 11.9 Å². The fourth-order valence-electron chi connectivity index (χ4n) is 8.12. The first-order valence-electron chi connectivity index (χ1n) is 26.0. The fraction of sp³-hybridized carbons (Fsp3) is 0.962. The molecular formula is C52H102O4. The van der Waals surface area contributed by atoms with Crippen molar-refractivity contribution in [3.63, 3.8) is 0 Å². The largest absolute Gasteiger partial charge is 0.466 e. The summed E-state index contributed by atoms with van der Waals surface area (Å²) >= 11 is 0. The number of unbranched alkanes of at least 4 members (excludes halogenated alkanes) is 41. The molecule has 0 aliphatic rings. The molecule has 0 heterocycles. The third kappa shape index (κ3) is 49.1. The summed E-state index contributed by atoms with van der Waals surface area (Å²) in [6.45, 7) is 5.73. The molecule has 0 radical (unpaired) electrons. The van der Waals surface area contributed by atoms with Gasteiger partial charge in [0, 0.05) is 12.8 Å². The highest BCUT2D eigenvalue weighted by Gasteiger charge is 2.05. The summed E-state index contributed by atoms with van der Waals surface area (Å²) in [5, 5.41) is 0. The minimum atomic E-state index is -0.0583. The Bertz CT molecular complexity index is 689. The van der Waals surface area contributed by atoms with E-state index in [1.165, 1.54) is 244 Å². The lowest BCUT2D eigenvalue weighted by molar-refractivity contribution is -0.145. The van der Waals surface area contributed by atoms with Crippen LogP contribution in [0.2, 0.25) is 0 Å². The van der Waals surface area contributed by atoms with Crippen molar-refractivity contribution < 1.29 is 19.1 Å². The third-order valence-corrected chi connectivity index (χ3v) is 12.0. The SMILES string of the molecule is CCCCCCCCCCCCCCCCCCCCCCOC(=O)CCCCCCC(=O)OCCCCCCCCCCCCCCCCCCCCCC. The topological polar surface area (TPSA) is 52.6 Å². The number of carbonyl (C=O) groups is 2. The number of ether oxygens (including phenoxy) is 2. The Balaban J connectivity index is 3.23. The number of esters is 2. The molecule has 0 spiro atoms. The van der Waals surface area contributed by atoms with Crippen LogP contribution in [0.4, 0.5) is 0 Å². The first kappa shape index (κ1) is 54.9. The van der Waals surface area contributed by atoms with Gasteiger partial charge in [-0.15, -0.1) is 0 Å². The van der Waals surface area contributed by atoms with Gasteiger partial charge in [-0.3, -0.25) is 9.59 Å². The van der Waals surface area contributed by atoms with Crippen LogP contribution in [0, 0.1) is 0 Å². The number of carbonyl (C=O) groups excluding carboxylic acids is 2. The monoisotopic (exact) mass is 791 g/mol. The zero-order valence-corrected chi connectivity index (χ0v) is 38.6. The van der Waals surface area contributed by atoms with Crippen molar-refractivity contribution in [1.82, 2.24) is 0 Å². The van der Waals surface area contributed by atoms with E-state index in [1.807, 2.05) is 0 Å². The number of hydrogen-bond donors (Lipinski definition) is 0. The molecule has 4 heteroatoms. The van der Waals surface area contributed by atoms with Crippen LogP contribution in [0.5, 0.6) is 0 Å². The van der Waals surface area contributed by atoms with E-state index in [2.05, 4.69) is 13.8 Å². The quantitative estimate of drug-likeness (QED) is 0.0455. The highest BCUT2D eigenvalue weighted by Crippen LogP contribution is 2.17. The highest BCUT2D eigenvalue weighted by atomic mass is 16.5. The summed E-state index contributed by atoms with van der Waals surface area (Å²) in [6.07, 6.45) is 59.7. The molecule has 0 saturated carbocycles. The van der Waals surface area contributed by atoms with Crippen molar-refractivity contribution in [3.05, 3.63) is 0 Å². The minimum Gasteiger partial charge on any atom is -0.466 e. The lowest BCUT2D eigenvalue weighted by Crippen LogP contribution is -2.06. The van der Waals surface area contributed by atoms with Gasteiger partial charge >= 0.3 is 11.9 Å². The molecule has 0 unspecified atom stereocenters. The molecule has 0 amide bonds. The molecule has 0 saturated heterocycles. The molecule has 0 fully saturated rings. The van der Waals surface area contributed by atoms with E-state index in [0.717, 1.165) is 38.5 Å². The molecule has 0 N–H and O–H groups in total. The molecule has 56 heavy (non-hydrogen) atoms. The second-order valence-electron chi connectivity index (χ2n) is 17.8. The maximum atomic E-state index is 12.0. The molecule has 0 aromatic heterocycles. The van der Waals surface area contributed by atoms with Crippen molar-refractivity contribution in [2.24, 2.45) is 0 Å². The van der Waals surface area contributed by atoms with Gasteiger partial charge in [-0.05, 0) is 25.7 Å². The van der Waals surface area contributed by atoms with Crippen molar-refractivity contribution in [1.29, 1.82) is 0 Å².